The van der Waals surface area contributed by atoms with E-state index in [2.05, 4.69) is 217 Å². The van der Waals surface area contributed by atoms with Gasteiger partial charge in [0.2, 0.25) is 0 Å². The van der Waals surface area contributed by atoms with Gasteiger partial charge in [0.05, 0.1) is 5.41 Å². The number of rotatable bonds is 5. The average molecular weight is 686 g/mol. The molecule has 2 aliphatic carbocycles. The molecular formula is C53H35N. The second-order valence-corrected chi connectivity index (χ2v) is 14.5. The Bertz CT molecular complexity index is 2820. The van der Waals surface area contributed by atoms with Crippen LogP contribution in [0.2, 0.25) is 0 Å². The quantitative estimate of drug-likeness (QED) is 0.174. The summed E-state index contributed by atoms with van der Waals surface area (Å²) >= 11 is 0. The van der Waals surface area contributed by atoms with Crippen LogP contribution in [0.4, 0.5) is 17.1 Å². The largest absolute Gasteiger partial charge is 0.310 e. The van der Waals surface area contributed by atoms with Gasteiger partial charge in [-0.15, -0.1) is 0 Å². The van der Waals surface area contributed by atoms with Crippen LogP contribution in [0.15, 0.2) is 212 Å². The van der Waals surface area contributed by atoms with Gasteiger partial charge in [0, 0.05) is 17.1 Å². The Morgan fingerprint density at radius 3 is 1.43 bits per heavy atom. The van der Waals surface area contributed by atoms with Crippen LogP contribution in [0.25, 0.3) is 55.3 Å². The molecule has 54 heavy (non-hydrogen) atoms. The number of hydrogen-bond donors (Lipinski definition) is 0. The highest BCUT2D eigenvalue weighted by Gasteiger charge is 2.51. The van der Waals surface area contributed by atoms with Gasteiger partial charge in [-0.05, 0) is 120 Å². The molecule has 0 N–H and O–H groups in total. The van der Waals surface area contributed by atoms with Crippen LogP contribution in [0.5, 0.6) is 0 Å². The van der Waals surface area contributed by atoms with Crippen molar-refractivity contribution in [1.82, 2.24) is 0 Å². The fraction of sp³-hybridized carbons (Fsp3) is 0.0189. The lowest BCUT2D eigenvalue weighted by Crippen LogP contribution is -2.26. The molecule has 0 aromatic heterocycles. The minimum Gasteiger partial charge on any atom is -0.310 e. The molecule has 9 aromatic rings. The van der Waals surface area contributed by atoms with Gasteiger partial charge in [0.25, 0.3) is 0 Å². The van der Waals surface area contributed by atoms with Crippen LogP contribution in [0.1, 0.15) is 22.3 Å². The first kappa shape index (κ1) is 30.6. The third-order valence-electron chi connectivity index (χ3n) is 11.7. The van der Waals surface area contributed by atoms with Crippen molar-refractivity contribution in [2.75, 3.05) is 4.90 Å². The molecule has 0 saturated carbocycles. The molecular weight excluding hydrogens is 651 g/mol. The van der Waals surface area contributed by atoms with E-state index in [-0.39, 0.29) is 0 Å². The molecule has 2 aliphatic rings. The standard InChI is InChI=1S/C53H35N/c1-2-13-36(14-3-1)40-17-12-18-43(34-40)54(42-29-27-38(28-30-42)41-26-25-37-15-4-5-16-39(37)33-41)44-31-32-48-47-21-8-11-24-51(47)53(52(48)35-44)49-22-9-6-19-45(49)46-20-7-10-23-50(46)53/h1-35H. The number of benzene rings is 9. The van der Waals surface area contributed by atoms with Crippen LogP contribution < -0.4 is 4.90 Å². The van der Waals surface area contributed by atoms with Gasteiger partial charge in [0.1, 0.15) is 0 Å². The van der Waals surface area contributed by atoms with E-state index < -0.39 is 5.41 Å². The molecule has 0 amide bonds. The molecule has 0 fully saturated rings. The van der Waals surface area contributed by atoms with E-state index in [4.69, 9.17) is 0 Å². The minimum atomic E-state index is -0.410. The lowest BCUT2D eigenvalue weighted by atomic mass is 9.70. The van der Waals surface area contributed by atoms with Gasteiger partial charge in [0.15, 0.2) is 0 Å². The average Bonchev–Trinajstić information content (AvgIpc) is 3.71. The molecule has 0 radical (unpaired) electrons. The number of anilines is 3. The Kier molecular flexibility index (Phi) is 6.84. The molecule has 0 aliphatic heterocycles. The summed E-state index contributed by atoms with van der Waals surface area (Å²) in [6.07, 6.45) is 0. The Morgan fingerprint density at radius 2 is 0.741 bits per heavy atom. The van der Waals surface area contributed by atoms with Gasteiger partial charge in [-0.2, -0.15) is 0 Å². The third-order valence-corrected chi connectivity index (χ3v) is 11.7. The van der Waals surface area contributed by atoms with Gasteiger partial charge in [-0.3, -0.25) is 0 Å². The first-order chi connectivity index (χ1) is 26.8. The summed E-state index contributed by atoms with van der Waals surface area (Å²) in [6, 6.07) is 78.3. The zero-order valence-corrected chi connectivity index (χ0v) is 29.7. The summed E-state index contributed by atoms with van der Waals surface area (Å²) in [5.74, 6) is 0. The molecule has 11 rings (SSSR count). The fourth-order valence-electron chi connectivity index (χ4n) is 9.30. The monoisotopic (exact) mass is 685 g/mol. The Hall–Kier alpha value is -6.96. The SMILES string of the molecule is c1ccc(-c2cccc(N(c3ccc(-c4ccc5ccccc5c4)cc3)c3ccc4c(c3)C3(c5ccccc5-c5ccccc53)c3ccccc3-4)c2)cc1. The van der Waals surface area contributed by atoms with Crippen molar-refractivity contribution in [3.63, 3.8) is 0 Å². The van der Waals surface area contributed by atoms with E-state index in [1.54, 1.807) is 0 Å². The second kappa shape index (κ2) is 12.0. The summed E-state index contributed by atoms with van der Waals surface area (Å²) in [5, 5.41) is 2.51. The van der Waals surface area contributed by atoms with Gasteiger partial charge in [-0.25, -0.2) is 0 Å². The van der Waals surface area contributed by atoms with Gasteiger partial charge in [-0.1, -0.05) is 170 Å². The smallest absolute Gasteiger partial charge is 0.0726 e. The number of fused-ring (bicyclic) bond motifs is 11. The van der Waals surface area contributed by atoms with E-state index in [9.17, 15) is 0 Å². The Balaban J connectivity index is 1.12. The Labute approximate surface area is 316 Å². The molecule has 252 valence electrons. The molecule has 0 saturated heterocycles. The maximum atomic E-state index is 2.47. The highest BCUT2D eigenvalue weighted by molar-refractivity contribution is 5.96. The number of hydrogen-bond acceptors (Lipinski definition) is 1. The molecule has 0 bridgehead atoms. The molecule has 1 nitrogen and oxygen atoms in total. The summed E-state index contributed by atoms with van der Waals surface area (Å²) < 4.78 is 0. The normalized spacial score (nSPS) is 13.0. The van der Waals surface area contributed by atoms with E-state index in [0.29, 0.717) is 0 Å². The maximum Gasteiger partial charge on any atom is 0.0726 e. The van der Waals surface area contributed by atoms with Crippen LogP contribution in [0.3, 0.4) is 0 Å². The van der Waals surface area contributed by atoms with Gasteiger partial charge < -0.3 is 4.90 Å². The summed E-state index contributed by atoms with van der Waals surface area (Å²) in [6.45, 7) is 0. The van der Waals surface area contributed by atoms with Gasteiger partial charge >= 0.3 is 0 Å². The van der Waals surface area contributed by atoms with Crippen LogP contribution >= 0.6 is 0 Å². The summed E-state index contributed by atoms with van der Waals surface area (Å²) in [5.41, 5.74) is 18.4. The van der Waals surface area contributed by atoms with Crippen molar-refractivity contribution in [1.29, 1.82) is 0 Å². The van der Waals surface area contributed by atoms with Crippen molar-refractivity contribution in [3.05, 3.63) is 235 Å². The first-order valence-corrected chi connectivity index (χ1v) is 18.8. The van der Waals surface area contributed by atoms with Crippen LogP contribution in [-0.2, 0) is 5.41 Å². The van der Waals surface area contributed by atoms with Crippen molar-refractivity contribution in [2.45, 2.75) is 5.41 Å². The van der Waals surface area contributed by atoms with Crippen LogP contribution in [0, 0.1) is 0 Å². The predicted molar refractivity (Wildman–Crippen MR) is 226 cm³/mol. The lowest BCUT2D eigenvalue weighted by Gasteiger charge is -2.32. The molecule has 9 aromatic carbocycles. The number of nitrogens with zero attached hydrogens (tertiary/aromatic N) is 1. The highest BCUT2D eigenvalue weighted by atomic mass is 15.1. The zero-order valence-electron chi connectivity index (χ0n) is 29.7. The molecule has 0 unspecified atom stereocenters. The molecule has 0 atom stereocenters. The molecule has 1 heteroatoms. The second-order valence-electron chi connectivity index (χ2n) is 14.5. The predicted octanol–water partition coefficient (Wildman–Crippen LogP) is 14.0. The van der Waals surface area contributed by atoms with Crippen molar-refractivity contribution in [3.8, 4) is 44.5 Å². The van der Waals surface area contributed by atoms with E-state index >= 15 is 0 Å². The first-order valence-electron chi connectivity index (χ1n) is 18.8. The third kappa shape index (κ3) is 4.52. The molecule has 1 spiro atoms. The topological polar surface area (TPSA) is 3.24 Å². The maximum absolute atomic E-state index is 2.47. The summed E-state index contributed by atoms with van der Waals surface area (Å²) in [4.78, 5) is 2.43. The Morgan fingerprint density at radius 1 is 0.259 bits per heavy atom. The zero-order chi connectivity index (χ0) is 35.6. The van der Waals surface area contributed by atoms with Crippen molar-refractivity contribution < 1.29 is 0 Å². The van der Waals surface area contributed by atoms with E-state index in [0.717, 1.165) is 17.1 Å². The van der Waals surface area contributed by atoms with Crippen molar-refractivity contribution in [2.24, 2.45) is 0 Å². The summed E-state index contributed by atoms with van der Waals surface area (Å²) in [7, 11) is 0. The van der Waals surface area contributed by atoms with E-state index in [1.807, 2.05) is 0 Å². The molecule has 0 heterocycles. The van der Waals surface area contributed by atoms with E-state index in [1.165, 1.54) is 77.5 Å². The minimum absolute atomic E-state index is 0.410. The highest BCUT2D eigenvalue weighted by Crippen LogP contribution is 2.63. The fourth-order valence-corrected chi connectivity index (χ4v) is 9.30. The van der Waals surface area contributed by atoms with Crippen molar-refractivity contribution >= 4 is 27.8 Å². The van der Waals surface area contributed by atoms with Crippen LogP contribution in [-0.4, -0.2) is 0 Å². The lowest BCUT2D eigenvalue weighted by molar-refractivity contribution is 0.793.